The maximum absolute atomic E-state index is 13.5. The van der Waals surface area contributed by atoms with E-state index in [2.05, 4.69) is 22.3 Å². The molecule has 2 aliphatic rings. The van der Waals surface area contributed by atoms with E-state index >= 15 is 0 Å². The number of fused-ring (bicyclic) bond motifs is 1. The number of carbonyl (C=O) groups is 1. The number of aliphatic hydroxyl groups is 1. The Balaban J connectivity index is 1.42. The van der Waals surface area contributed by atoms with Crippen LogP contribution in [0.5, 0.6) is 5.75 Å². The highest BCUT2D eigenvalue weighted by molar-refractivity contribution is 7.10. The predicted octanol–water partition coefficient (Wildman–Crippen LogP) is 3.04. The molecule has 1 saturated carbocycles. The fourth-order valence-corrected chi connectivity index (χ4v) is 5.31. The zero-order valence-electron chi connectivity index (χ0n) is 19.1. The Labute approximate surface area is 200 Å². The van der Waals surface area contributed by atoms with Gasteiger partial charge in [-0.2, -0.15) is 0 Å². The standard InChI is InChI=1S/C26H32N2O4S/c1-3-12-31-17-21(29)15-27(20-7-8-20)16-26(30)28-11-9-25-23(10-13-33-25)24(28)18-32-22-6-4-5-19(2)14-22/h1,4-6,10,13-14,20-21,24,29H,7-9,11-12,15-18H2,2H3/t21-,24+/m1/s1. The van der Waals surface area contributed by atoms with Gasteiger partial charge in [-0.05, 0) is 60.9 Å². The summed E-state index contributed by atoms with van der Waals surface area (Å²) in [4.78, 5) is 18.9. The van der Waals surface area contributed by atoms with Gasteiger partial charge in [0.2, 0.25) is 5.91 Å². The largest absolute Gasteiger partial charge is 0.491 e. The molecule has 6 nitrogen and oxygen atoms in total. The molecule has 0 bridgehead atoms. The van der Waals surface area contributed by atoms with Gasteiger partial charge >= 0.3 is 0 Å². The first kappa shape index (κ1) is 23.8. The van der Waals surface area contributed by atoms with Crippen molar-refractivity contribution in [1.82, 2.24) is 9.80 Å². The molecular formula is C26H32N2O4S. The van der Waals surface area contributed by atoms with E-state index in [4.69, 9.17) is 15.9 Å². The molecule has 7 heteroatoms. The summed E-state index contributed by atoms with van der Waals surface area (Å²) in [6.45, 7) is 4.19. The van der Waals surface area contributed by atoms with Gasteiger partial charge in [-0.3, -0.25) is 9.69 Å². The molecule has 0 saturated heterocycles. The van der Waals surface area contributed by atoms with E-state index in [-0.39, 0.29) is 31.7 Å². The Morgan fingerprint density at radius 3 is 3.00 bits per heavy atom. The van der Waals surface area contributed by atoms with E-state index in [1.54, 1.807) is 11.3 Å². The summed E-state index contributed by atoms with van der Waals surface area (Å²) in [5.41, 5.74) is 2.33. The first-order valence-electron chi connectivity index (χ1n) is 11.5. The average Bonchev–Trinajstić information content (AvgIpc) is 3.54. The molecule has 2 aromatic rings. The van der Waals surface area contributed by atoms with E-state index < -0.39 is 6.10 Å². The molecule has 1 aliphatic carbocycles. The molecule has 176 valence electrons. The number of hydrogen-bond donors (Lipinski definition) is 1. The van der Waals surface area contributed by atoms with E-state index in [0.29, 0.717) is 25.7 Å². The van der Waals surface area contributed by atoms with Crippen molar-refractivity contribution in [1.29, 1.82) is 0 Å². The van der Waals surface area contributed by atoms with Gasteiger partial charge in [-0.1, -0.05) is 18.1 Å². The molecule has 0 spiro atoms. The van der Waals surface area contributed by atoms with Crippen molar-refractivity contribution in [3.8, 4) is 18.1 Å². The number of hydrogen-bond acceptors (Lipinski definition) is 6. The Morgan fingerprint density at radius 1 is 1.39 bits per heavy atom. The zero-order valence-corrected chi connectivity index (χ0v) is 19.9. The van der Waals surface area contributed by atoms with Gasteiger partial charge in [-0.15, -0.1) is 17.8 Å². The predicted molar refractivity (Wildman–Crippen MR) is 129 cm³/mol. The summed E-state index contributed by atoms with van der Waals surface area (Å²) in [6, 6.07) is 10.3. The third-order valence-corrected chi connectivity index (χ3v) is 7.15. The summed E-state index contributed by atoms with van der Waals surface area (Å²) in [5, 5.41) is 12.5. The highest BCUT2D eigenvalue weighted by Crippen LogP contribution is 2.35. The number of amides is 1. The van der Waals surface area contributed by atoms with Gasteiger partial charge in [0.1, 0.15) is 19.0 Å². The third kappa shape index (κ3) is 6.36. The van der Waals surface area contributed by atoms with Crippen molar-refractivity contribution in [3.63, 3.8) is 0 Å². The number of rotatable bonds is 11. The molecule has 1 aromatic carbocycles. The molecule has 1 fully saturated rings. The summed E-state index contributed by atoms with van der Waals surface area (Å²) < 4.78 is 11.4. The van der Waals surface area contributed by atoms with Crippen LogP contribution in [0.2, 0.25) is 0 Å². The first-order chi connectivity index (χ1) is 16.0. The fourth-order valence-electron chi connectivity index (χ4n) is 4.38. The van der Waals surface area contributed by atoms with E-state index in [0.717, 1.165) is 30.6 Å². The van der Waals surface area contributed by atoms with Gasteiger partial charge in [-0.25, -0.2) is 0 Å². The van der Waals surface area contributed by atoms with Crippen LogP contribution in [0.4, 0.5) is 0 Å². The van der Waals surface area contributed by atoms with E-state index in [9.17, 15) is 9.90 Å². The van der Waals surface area contributed by atoms with Gasteiger partial charge in [0.25, 0.3) is 0 Å². The zero-order chi connectivity index (χ0) is 23.2. The Hall–Kier alpha value is -2.37. The first-order valence-corrected chi connectivity index (χ1v) is 12.4. The van der Waals surface area contributed by atoms with Gasteiger partial charge < -0.3 is 19.5 Å². The van der Waals surface area contributed by atoms with Crippen molar-refractivity contribution in [2.75, 3.05) is 39.5 Å². The second-order valence-electron chi connectivity index (χ2n) is 8.81. The molecule has 2 heterocycles. The van der Waals surface area contributed by atoms with Crippen LogP contribution in [0, 0.1) is 19.3 Å². The molecular weight excluding hydrogens is 436 g/mol. The topological polar surface area (TPSA) is 62.2 Å². The molecule has 0 unspecified atom stereocenters. The second-order valence-corrected chi connectivity index (χ2v) is 9.81. The molecule has 33 heavy (non-hydrogen) atoms. The second kappa shape index (κ2) is 11.2. The van der Waals surface area contributed by atoms with Gasteiger partial charge in [0, 0.05) is 24.0 Å². The molecule has 1 N–H and O–H groups in total. The summed E-state index contributed by atoms with van der Waals surface area (Å²) in [5.74, 6) is 3.30. The normalized spacial score (nSPS) is 18.6. The lowest BCUT2D eigenvalue weighted by Crippen LogP contribution is -2.48. The van der Waals surface area contributed by atoms with E-state index in [1.165, 1.54) is 10.4 Å². The monoisotopic (exact) mass is 468 g/mol. The third-order valence-electron chi connectivity index (χ3n) is 6.16. The van der Waals surface area contributed by atoms with Crippen molar-refractivity contribution in [3.05, 3.63) is 51.7 Å². The van der Waals surface area contributed by atoms with Crippen molar-refractivity contribution >= 4 is 17.2 Å². The summed E-state index contributed by atoms with van der Waals surface area (Å²) >= 11 is 1.75. The van der Waals surface area contributed by atoms with Crippen LogP contribution in [0.25, 0.3) is 0 Å². The number of terminal acetylenes is 1. The average molecular weight is 469 g/mol. The number of nitrogens with zero attached hydrogens (tertiary/aromatic N) is 2. The molecule has 4 rings (SSSR count). The van der Waals surface area contributed by atoms with Crippen LogP contribution in [-0.4, -0.2) is 72.4 Å². The molecule has 1 aliphatic heterocycles. The van der Waals surface area contributed by atoms with Crippen LogP contribution in [0.15, 0.2) is 35.7 Å². The van der Waals surface area contributed by atoms with Gasteiger partial charge in [0.05, 0.1) is 25.3 Å². The number of aryl methyl sites for hydroxylation is 1. The highest BCUT2D eigenvalue weighted by Gasteiger charge is 2.36. The number of aliphatic hydroxyl groups excluding tert-OH is 1. The van der Waals surface area contributed by atoms with Crippen LogP contribution in [0.1, 0.15) is 34.9 Å². The quantitative estimate of drug-likeness (QED) is 0.406. The number of carbonyl (C=O) groups excluding carboxylic acids is 1. The van der Waals surface area contributed by atoms with Crippen LogP contribution in [-0.2, 0) is 16.0 Å². The minimum atomic E-state index is -0.669. The maximum atomic E-state index is 13.5. The van der Waals surface area contributed by atoms with Crippen LogP contribution in [0.3, 0.4) is 0 Å². The molecule has 1 aromatic heterocycles. The highest BCUT2D eigenvalue weighted by atomic mass is 32.1. The summed E-state index contributed by atoms with van der Waals surface area (Å²) in [6.07, 6.45) is 7.51. The van der Waals surface area contributed by atoms with E-state index in [1.807, 2.05) is 36.1 Å². The lowest BCUT2D eigenvalue weighted by atomic mass is 10.0. The van der Waals surface area contributed by atoms with Crippen molar-refractivity contribution in [2.24, 2.45) is 0 Å². The molecule has 2 atom stereocenters. The fraction of sp³-hybridized carbons (Fsp3) is 0.500. The minimum Gasteiger partial charge on any atom is -0.491 e. The Kier molecular flexibility index (Phi) is 8.05. The van der Waals surface area contributed by atoms with Crippen LogP contribution < -0.4 is 4.74 Å². The SMILES string of the molecule is C#CCOC[C@H](O)CN(CC(=O)N1CCc2sccc2[C@@H]1COc1cccc(C)c1)C1CC1. The van der Waals surface area contributed by atoms with Crippen molar-refractivity contribution < 1.29 is 19.4 Å². The van der Waals surface area contributed by atoms with Crippen LogP contribution >= 0.6 is 11.3 Å². The lowest BCUT2D eigenvalue weighted by Gasteiger charge is -2.37. The van der Waals surface area contributed by atoms with Gasteiger partial charge in [0.15, 0.2) is 0 Å². The number of thiophene rings is 1. The van der Waals surface area contributed by atoms with Crippen molar-refractivity contribution in [2.45, 2.75) is 44.4 Å². The number of ether oxygens (including phenoxy) is 2. The lowest BCUT2D eigenvalue weighted by molar-refractivity contribution is -0.136. The molecule has 1 amide bonds. The Morgan fingerprint density at radius 2 is 2.24 bits per heavy atom. The number of benzene rings is 1. The minimum absolute atomic E-state index is 0.0772. The molecule has 0 radical (unpaired) electrons. The smallest absolute Gasteiger partial charge is 0.237 e. The Bertz CT molecular complexity index is 981. The summed E-state index contributed by atoms with van der Waals surface area (Å²) in [7, 11) is 0. The maximum Gasteiger partial charge on any atom is 0.237 e.